The van der Waals surface area contributed by atoms with Gasteiger partial charge >= 0.3 is 5.97 Å². The Hall–Kier alpha value is -2.41. The molecule has 0 aliphatic heterocycles. The standard InChI is InChI=1S/C17H21N3O3S/c1-3-4-8-23-15-7-5-6-13(9-15)11-18-20-17-19-14(12-24-17)10-16(21)22-2/h5-7,9,11-12H,3-4,8,10H2,1-2H3,(H,19,20)/b18-11-. The minimum atomic E-state index is -0.310. The normalized spacial score (nSPS) is 10.8. The van der Waals surface area contributed by atoms with Crippen LogP contribution >= 0.6 is 11.3 Å². The van der Waals surface area contributed by atoms with Gasteiger partial charge in [0, 0.05) is 5.38 Å². The van der Waals surface area contributed by atoms with E-state index in [-0.39, 0.29) is 12.4 Å². The molecule has 0 aliphatic carbocycles. The van der Waals surface area contributed by atoms with Crippen LogP contribution in [0.1, 0.15) is 31.0 Å². The molecule has 1 aromatic heterocycles. The second kappa shape index (κ2) is 9.67. The van der Waals surface area contributed by atoms with Gasteiger partial charge < -0.3 is 9.47 Å². The molecular formula is C17H21N3O3S. The van der Waals surface area contributed by atoms with Crippen LogP contribution in [0.15, 0.2) is 34.7 Å². The van der Waals surface area contributed by atoms with E-state index in [0.29, 0.717) is 10.8 Å². The van der Waals surface area contributed by atoms with Gasteiger partial charge in [-0.05, 0) is 24.1 Å². The summed E-state index contributed by atoms with van der Waals surface area (Å²) in [6.07, 6.45) is 4.01. The Bertz CT molecular complexity index is 685. The number of hydrogen-bond donors (Lipinski definition) is 1. The number of thiazole rings is 1. The summed E-state index contributed by atoms with van der Waals surface area (Å²) in [6, 6.07) is 7.74. The number of hydrazone groups is 1. The molecule has 1 heterocycles. The zero-order chi connectivity index (χ0) is 17.2. The summed E-state index contributed by atoms with van der Waals surface area (Å²) in [5.41, 5.74) is 4.46. The zero-order valence-corrected chi connectivity index (χ0v) is 14.6. The molecule has 1 N–H and O–H groups in total. The molecule has 24 heavy (non-hydrogen) atoms. The molecule has 6 nitrogen and oxygen atoms in total. The van der Waals surface area contributed by atoms with Crippen LogP contribution in [0.2, 0.25) is 0 Å². The third kappa shape index (κ3) is 6.00. The van der Waals surface area contributed by atoms with Crippen molar-refractivity contribution in [2.24, 2.45) is 5.10 Å². The van der Waals surface area contributed by atoms with Crippen molar-refractivity contribution in [1.29, 1.82) is 0 Å². The molecule has 2 aromatic rings. The summed E-state index contributed by atoms with van der Waals surface area (Å²) in [5.74, 6) is 0.525. The highest BCUT2D eigenvalue weighted by atomic mass is 32.1. The van der Waals surface area contributed by atoms with Gasteiger partial charge in [0.15, 0.2) is 0 Å². The lowest BCUT2D eigenvalue weighted by Gasteiger charge is -2.05. The topological polar surface area (TPSA) is 72.8 Å². The van der Waals surface area contributed by atoms with E-state index in [9.17, 15) is 4.79 Å². The monoisotopic (exact) mass is 347 g/mol. The Kier molecular flexibility index (Phi) is 7.22. The van der Waals surface area contributed by atoms with Gasteiger partial charge in [-0.25, -0.2) is 4.98 Å². The molecule has 0 aliphatic rings. The molecule has 0 unspecified atom stereocenters. The Balaban J connectivity index is 1.87. The fraction of sp³-hybridized carbons (Fsp3) is 0.353. The number of aromatic nitrogens is 1. The third-order valence-corrected chi connectivity index (χ3v) is 3.90. The van der Waals surface area contributed by atoms with E-state index in [1.165, 1.54) is 18.4 Å². The van der Waals surface area contributed by atoms with Gasteiger partial charge in [0.25, 0.3) is 0 Å². The number of carbonyl (C=O) groups excluding carboxylic acids is 1. The second-order valence-electron chi connectivity index (χ2n) is 5.04. The lowest BCUT2D eigenvalue weighted by atomic mass is 10.2. The van der Waals surface area contributed by atoms with Crippen molar-refractivity contribution in [1.82, 2.24) is 4.98 Å². The third-order valence-electron chi connectivity index (χ3n) is 3.10. The minimum absolute atomic E-state index is 0.162. The number of unbranched alkanes of at least 4 members (excludes halogenated alkanes) is 1. The van der Waals surface area contributed by atoms with Crippen LogP contribution in [-0.4, -0.2) is 30.9 Å². The van der Waals surface area contributed by atoms with Gasteiger partial charge in [-0.1, -0.05) is 25.5 Å². The average Bonchev–Trinajstić information content (AvgIpc) is 3.03. The maximum Gasteiger partial charge on any atom is 0.311 e. The molecule has 0 atom stereocenters. The molecule has 128 valence electrons. The number of nitrogens with one attached hydrogen (secondary N) is 1. The summed E-state index contributed by atoms with van der Waals surface area (Å²) in [7, 11) is 1.36. The summed E-state index contributed by atoms with van der Waals surface area (Å²) < 4.78 is 10.3. The predicted molar refractivity (Wildman–Crippen MR) is 95.9 cm³/mol. The number of esters is 1. The van der Waals surface area contributed by atoms with Gasteiger partial charge in [-0.15, -0.1) is 11.3 Å². The number of carbonyl (C=O) groups is 1. The lowest BCUT2D eigenvalue weighted by molar-refractivity contribution is -0.139. The van der Waals surface area contributed by atoms with Gasteiger partial charge in [0.2, 0.25) is 5.13 Å². The molecule has 0 bridgehead atoms. The molecule has 0 saturated heterocycles. The zero-order valence-electron chi connectivity index (χ0n) is 13.8. The van der Waals surface area contributed by atoms with Crippen molar-refractivity contribution in [2.75, 3.05) is 19.1 Å². The SMILES string of the molecule is CCCCOc1cccc(/C=N\Nc2nc(CC(=O)OC)cs2)c1. The maximum absolute atomic E-state index is 11.2. The number of benzene rings is 1. The van der Waals surface area contributed by atoms with E-state index < -0.39 is 0 Å². The largest absolute Gasteiger partial charge is 0.494 e. The maximum atomic E-state index is 11.2. The minimum Gasteiger partial charge on any atom is -0.494 e. The van der Waals surface area contributed by atoms with Gasteiger partial charge in [-0.2, -0.15) is 5.10 Å². The number of rotatable bonds is 9. The Labute approximate surface area is 145 Å². The quantitative estimate of drug-likeness (QED) is 0.325. The predicted octanol–water partition coefficient (Wildman–Crippen LogP) is 3.48. The first-order chi connectivity index (χ1) is 11.7. The van der Waals surface area contributed by atoms with Crippen LogP contribution in [0.25, 0.3) is 0 Å². The van der Waals surface area contributed by atoms with E-state index in [4.69, 9.17) is 4.74 Å². The second-order valence-corrected chi connectivity index (χ2v) is 5.90. The lowest BCUT2D eigenvalue weighted by Crippen LogP contribution is -2.04. The molecule has 0 spiro atoms. The van der Waals surface area contributed by atoms with Crippen LogP contribution in [0.4, 0.5) is 5.13 Å². The highest BCUT2D eigenvalue weighted by Crippen LogP contribution is 2.16. The van der Waals surface area contributed by atoms with Crippen molar-refractivity contribution in [3.8, 4) is 5.75 Å². The molecule has 0 radical (unpaired) electrons. The highest BCUT2D eigenvalue weighted by molar-refractivity contribution is 7.13. The van der Waals surface area contributed by atoms with Crippen LogP contribution < -0.4 is 10.2 Å². The first-order valence-corrected chi connectivity index (χ1v) is 8.62. The molecule has 0 amide bonds. The van der Waals surface area contributed by atoms with Crippen molar-refractivity contribution in [3.63, 3.8) is 0 Å². The Morgan fingerprint density at radius 1 is 1.46 bits per heavy atom. The highest BCUT2D eigenvalue weighted by Gasteiger charge is 2.06. The first-order valence-electron chi connectivity index (χ1n) is 7.74. The van der Waals surface area contributed by atoms with Crippen LogP contribution in [0, 0.1) is 0 Å². The number of hydrogen-bond acceptors (Lipinski definition) is 7. The Morgan fingerprint density at radius 3 is 3.12 bits per heavy atom. The number of ether oxygens (including phenoxy) is 2. The molecular weight excluding hydrogens is 326 g/mol. The molecule has 0 fully saturated rings. The fourth-order valence-electron chi connectivity index (χ4n) is 1.84. The number of methoxy groups -OCH3 is 1. The molecule has 0 saturated carbocycles. The van der Waals surface area contributed by atoms with Gasteiger partial charge in [0.1, 0.15) is 5.75 Å². The fourth-order valence-corrected chi connectivity index (χ4v) is 2.50. The van der Waals surface area contributed by atoms with E-state index >= 15 is 0 Å². The van der Waals surface area contributed by atoms with Crippen molar-refractivity contribution < 1.29 is 14.3 Å². The Morgan fingerprint density at radius 2 is 2.33 bits per heavy atom. The van der Waals surface area contributed by atoms with E-state index in [1.807, 2.05) is 24.3 Å². The summed E-state index contributed by atoms with van der Waals surface area (Å²) in [4.78, 5) is 15.5. The average molecular weight is 347 g/mol. The van der Waals surface area contributed by atoms with Crippen LogP contribution in [0.5, 0.6) is 5.75 Å². The molecule has 1 aromatic carbocycles. The first kappa shape index (κ1) is 17.9. The van der Waals surface area contributed by atoms with E-state index in [2.05, 4.69) is 27.2 Å². The molecule has 7 heteroatoms. The van der Waals surface area contributed by atoms with Gasteiger partial charge in [-0.3, -0.25) is 10.2 Å². The summed E-state index contributed by atoms with van der Waals surface area (Å²) >= 11 is 1.39. The van der Waals surface area contributed by atoms with Gasteiger partial charge in [0.05, 0.1) is 32.0 Å². The summed E-state index contributed by atoms with van der Waals surface area (Å²) in [5, 5.41) is 6.59. The van der Waals surface area contributed by atoms with Crippen molar-refractivity contribution in [2.45, 2.75) is 26.2 Å². The van der Waals surface area contributed by atoms with Crippen molar-refractivity contribution >= 4 is 28.7 Å². The van der Waals surface area contributed by atoms with Crippen LogP contribution in [-0.2, 0) is 16.0 Å². The number of nitrogens with zero attached hydrogens (tertiary/aromatic N) is 2. The van der Waals surface area contributed by atoms with E-state index in [0.717, 1.165) is 30.8 Å². The molecule has 2 rings (SSSR count). The van der Waals surface area contributed by atoms with Crippen LogP contribution in [0.3, 0.4) is 0 Å². The number of anilines is 1. The van der Waals surface area contributed by atoms with Crippen molar-refractivity contribution in [3.05, 3.63) is 40.9 Å². The smallest absolute Gasteiger partial charge is 0.311 e. The summed E-state index contributed by atoms with van der Waals surface area (Å²) in [6.45, 7) is 2.85. The van der Waals surface area contributed by atoms with E-state index in [1.54, 1.807) is 11.6 Å².